The first kappa shape index (κ1) is 11.4. The molecular weight excluding hydrogens is 158 g/mol. The van der Waals surface area contributed by atoms with Gasteiger partial charge in [-0.25, -0.2) is 0 Å². The van der Waals surface area contributed by atoms with Crippen molar-refractivity contribution < 1.29 is 0 Å². The molecule has 0 rings (SSSR count). The molecule has 0 aliphatic carbocycles. The van der Waals surface area contributed by atoms with E-state index < -0.39 is 0 Å². The SMILES string of the molecule is C=CC=NC(=C)C(=C)/C=C\C(=C)C. The number of hydrogen-bond donors (Lipinski definition) is 0. The van der Waals surface area contributed by atoms with Crippen molar-refractivity contribution in [1.82, 2.24) is 0 Å². The third-order valence-corrected chi connectivity index (χ3v) is 1.28. The number of nitrogens with zero attached hydrogens (tertiary/aromatic N) is 1. The molecule has 0 radical (unpaired) electrons. The molecule has 0 N–H and O–H groups in total. The van der Waals surface area contributed by atoms with Crippen molar-refractivity contribution in [3.05, 3.63) is 61.4 Å². The van der Waals surface area contributed by atoms with Crippen LogP contribution in [0, 0.1) is 0 Å². The monoisotopic (exact) mass is 173 g/mol. The predicted octanol–water partition coefficient (Wildman–Crippen LogP) is 3.45. The van der Waals surface area contributed by atoms with Crippen molar-refractivity contribution >= 4 is 6.21 Å². The Morgan fingerprint density at radius 1 is 1.15 bits per heavy atom. The van der Waals surface area contributed by atoms with Gasteiger partial charge in [-0.2, -0.15) is 0 Å². The maximum absolute atomic E-state index is 4.00. The molecule has 68 valence electrons. The Morgan fingerprint density at radius 3 is 2.23 bits per heavy atom. The van der Waals surface area contributed by atoms with Gasteiger partial charge in [0, 0.05) is 6.21 Å². The summed E-state index contributed by atoms with van der Waals surface area (Å²) in [6.45, 7) is 16.7. The van der Waals surface area contributed by atoms with E-state index in [9.17, 15) is 0 Å². The normalized spacial score (nSPS) is 10.5. The molecule has 1 heteroatoms. The zero-order chi connectivity index (χ0) is 10.3. The molecule has 1 nitrogen and oxygen atoms in total. The average molecular weight is 173 g/mol. The van der Waals surface area contributed by atoms with E-state index in [4.69, 9.17) is 0 Å². The lowest BCUT2D eigenvalue weighted by atomic mass is 10.2. The summed E-state index contributed by atoms with van der Waals surface area (Å²) in [5.41, 5.74) is 2.39. The zero-order valence-electron chi connectivity index (χ0n) is 8.09. The van der Waals surface area contributed by atoms with Crippen LogP contribution >= 0.6 is 0 Å². The van der Waals surface area contributed by atoms with Gasteiger partial charge in [0.1, 0.15) is 0 Å². The molecule has 0 aromatic heterocycles. The zero-order valence-corrected chi connectivity index (χ0v) is 8.09. The Hall–Kier alpha value is -1.63. The lowest BCUT2D eigenvalue weighted by Crippen LogP contribution is -1.79. The second-order valence-corrected chi connectivity index (χ2v) is 2.67. The van der Waals surface area contributed by atoms with E-state index >= 15 is 0 Å². The Kier molecular flexibility index (Phi) is 5.20. The molecule has 0 unspecified atom stereocenters. The maximum atomic E-state index is 4.00. The Labute approximate surface area is 80.2 Å². The van der Waals surface area contributed by atoms with Crippen LogP contribution < -0.4 is 0 Å². The van der Waals surface area contributed by atoms with Crippen LogP contribution in [0.1, 0.15) is 6.92 Å². The third kappa shape index (κ3) is 5.62. The molecule has 0 aromatic rings. The van der Waals surface area contributed by atoms with Crippen LogP contribution in [0.2, 0.25) is 0 Å². The van der Waals surface area contributed by atoms with Crippen LogP contribution in [-0.2, 0) is 0 Å². The van der Waals surface area contributed by atoms with Crippen LogP contribution in [0.15, 0.2) is 66.4 Å². The van der Waals surface area contributed by atoms with E-state index in [1.54, 1.807) is 12.3 Å². The molecule has 0 aliphatic heterocycles. The van der Waals surface area contributed by atoms with E-state index in [-0.39, 0.29) is 0 Å². The summed E-state index contributed by atoms with van der Waals surface area (Å²) in [6.07, 6.45) is 6.89. The fraction of sp³-hybridized carbons (Fsp3) is 0.0833. The molecule has 0 fully saturated rings. The molecule has 0 amide bonds. The number of hydrogen-bond acceptors (Lipinski definition) is 1. The fourth-order valence-electron chi connectivity index (χ4n) is 0.565. The molecule has 0 aromatic carbocycles. The van der Waals surface area contributed by atoms with Gasteiger partial charge >= 0.3 is 0 Å². The quantitative estimate of drug-likeness (QED) is 0.446. The summed E-state index contributed by atoms with van der Waals surface area (Å²) in [6, 6.07) is 0. The van der Waals surface area contributed by atoms with Crippen molar-refractivity contribution in [3.63, 3.8) is 0 Å². The topological polar surface area (TPSA) is 12.4 Å². The van der Waals surface area contributed by atoms with Crippen LogP contribution in [0.25, 0.3) is 0 Å². The van der Waals surface area contributed by atoms with Crippen molar-refractivity contribution in [3.8, 4) is 0 Å². The van der Waals surface area contributed by atoms with Gasteiger partial charge in [0.15, 0.2) is 0 Å². The minimum absolute atomic E-state index is 0.636. The van der Waals surface area contributed by atoms with Crippen molar-refractivity contribution in [2.24, 2.45) is 4.99 Å². The number of allylic oxidation sites excluding steroid dienone is 4. The second kappa shape index (κ2) is 5.95. The molecular formula is C12H15N. The average Bonchev–Trinajstić information content (AvgIpc) is 2.10. The van der Waals surface area contributed by atoms with E-state index in [1.807, 2.05) is 19.1 Å². The maximum Gasteiger partial charge on any atom is 0.0624 e. The summed E-state index contributed by atoms with van der Waals surface area (Å²) in [5.74, 6) is 0. The molecule has 0 atom stereocenters. The lowest BCUT2D eigenvalue weighted by molar-refractivity contribution is 1.38. The standard InChI is InChI=1S/C12H15N/c1-6-9-13-12(5)11(4)8-7-10(2)3/h6-9H,1-2,4-5H2,3H3/b8-7-,13-9?. The summed E-state index contributed by atoms with van der Waals surface area (Å²) < 4.78 is 0. The Morgan fingerprint density at radius 2 is 1.77 bits per heavy atom. The molecule has 0 saturated carbocycles. The summed E-state index contributed by atoms with van der Waals surface area (Å²) >= 11 is 0. The van der Waals surface area contributed by atoms with Gasteiger partial charge in [0.05, 0.1) is 5.70 Å². The van der Waals surface area contributed by atoms with Gasteiger partial charge < -0.3 is 0 Å². The molecule has 0 saturated heterocycles. The molecule has 13 heavy (non-hydrogen) atoms. The van der Waals surface area contributed by atoms with Crippen molar-refractivity contribution in [2.75, 3.05) is 0 Å². The van der Waals surface area contributed by atoms with Gasteiger partial charge in [-0.05, 0) is 12.5 Å². The first-order valence-electron chi connectivity index (χ1n) is 3.94. The highest BCUT2D eigenvalue weighted by molar-refractivity contribution is 5.72. The number of aliphatic imine (C=N–C) groups is 1. The molecule has 0 aliphatic rings. The van der Waals surface area contributed by atoms with Crippen LogP contribution in [0.4, 0.5) is 0 Å². The van der Waals surface area contributed by atoms with Gasteiger partial charge in [-0.1, -0.05) is 50.1 Å². The highest BCUT2D eigenvalue weighted by Crippen LogP contribution is 2.08. The Bertz CT molecular complexity index is 290. The number of rotatable bonds is 5. The molecule has 0 spiro atoms. The van der Waals surface area contributed by atoms with Gasteiger partial charge in [0.25, 0.3) is 0 Å². The minimum atomic E-state index is 0.636. The van der Waals surface area contributed by atoms with Crippen molar-refractivity contribution in [1.29, 1.82) is 0 Å². The first-order valence-corrected chi connectivity index (χ1v) is 3.94. The van der Waals surface area contributed by atoms with Gasteiger partial charge in [0.2, 0.25) is 0 Å². The lowest BCUT2D eigenvalue weighted by Gasteiger charge is -1.96. The molecule has 0 heterocycles. The summed E-state index contributed by atoms with van der Waals surface area (Å²) in [7, 11) is 0. The van der Waals surface area contributed by atoms with E-state index in [1.165, 1.54) is 0 Å². The summed E-state index contributed by atoms with van der Waals surface area (Å²) in [5, 5.41) is 0. The first-order chi connectivity index (χ1) is 6.07. The highest BCUT2D eigenvalue weighted by atomic mass is 14.7. The second-order valence-electron chi connectivity index (χ2n) is 2.67. The van der Waals surface area contributed by atoms with Gasteiger partial charge in [-0.15, -0.1) is 0 Å². The molecule has 0 bridgehead atoms. The smallest absolute Gasteiger partial charge is 0.0624 e. The van der Waals surface area contributed by atoms with E-state index in [2.05, 4.69) is 31.3 Å². The fourth-order valence-corrected chi connectivity index (χ4v) is 0.565. The van der Waals surface area contributed by atoms with Gasteiger partial charge in [-0.3, -0.25) is 4.99 Å². The van der Waals surface area contributed by atoms with Crippen molar-refractivity contribution in [2.45, 2.75) is 6.92 Å². The van der Waals surface area contributed by atoms with Crippen LogP contribution in [-0.4, -0.2) is 6.21 Å². The van der Waals surface area contributed by atoms with Crippen LogP contribution in [0.5, 0.6) is 0 Å². The van der Waals surface area contributed by atoms with E-state index in [0.717, 1.165) is 11.1 Å². The van der Waals surface area contributed by atoms with Crippen LogP contribution in [0.3, 0.4) is 0 Å². The highest BCUT2D eigenvalue weighted by Gasteiger charge is 1.90. The largest absolute Gasteiger partial charge is 0.257 e. The Balaban J connectivity index is 4.28. The summed E-state index contributed by atoms with van der Waals surface area (Å²) in [4.78, 5) is 4.00. The minimum Gasteiger partial charge on any atom is -0.257 e. The third-order valence-electron chi connectivity index (χ3n) is 1.28. The predicted molar refractivity (Wildman–Crippen MR) is 60.9 cm³/mol. The van der Waals surface area contributed by atoms with E-state index in [0.29, 0.717) is 5.70 Å².